The molecule has 32 heavy (non-hydrogen) atoms. The number of H-pyrrole nitrogens is 1. The van der Waals surface area contributed by atoms with Gasteiger partial charge in [-0.3, -0.25) is 33.9 Å². The predicted molar refractivity (Wildman–Crippen MR) is 105 cm³/mol. The van der Waals surface area contributed by atoms with Crippen molar-refractivity contribution in [2.75, 3.05) is 24.4 Å². The largest absolute Gasteiger partial charge is 0.468 e. The lowest BCUT2D eigenvalue weighted by Gasteiger charge is -2.44. The fraction of sp³-hybridized carbons (Fsp3) is 0.556. The quantitative estimate of drug-likeness (QED) is 0.387. The van der Waals surface area contributed by atoms with Gasteiger partial charge in [0.25, 0.3) is 11.6 Å². The summed E-state index contributed by atoms with van der Waals surface area (Å²) >= 11 is 0. The highest BCUT2D eigenvalue weighted by atomic mass is 16.6. The molecule has 1 aromatic heterocycles. The summed E-state index contributed by atoms with van der Waals surface area (Å²) in [6, 6.07) is -0.200. The monoisotopic (exact) mass is 456 g/mol. The molecule has 0 aromatic carbocycles. The number of nitrogens with zero attached hydrogens (tertiary/aromatic N) is 2. The third kappa shape index (κ3) is 5.51. The number of hydrogen-bond donors (Lipinski definition) is 2. The highest BCUT2D eigenvalue weighted by Gasteiger charge is 2.50. The molecule has 0 aliphatic carbocycles. The van der Waals surface area contributed by atoms with E-state index in [2.05, 4.69) is 9.97 Å². The van der Waals surface area contributed by atoms with Crippen LogP contribution in [0.4, 0.5) is 11.5 Å². The van der Waals surface area contributed by atoms with Crippen molar-refractivity contribution in [3.63, 3.8) is 0 Å². The first-order valence-electron chi connectivity index (χ1n) is 9.33. The standard InChI is InChI=1S/C18H24N4O10/c1-7(23)22(12-15(19)20-18(28-5)21-16(12)27)17-14(32-10(4)26)13(31-9(3)25)11(6-29-17)30-8(2)24/h11,13-14,17H,6H2,1-5H3,(H3,19,20,21,27)/t11-,13+,14-,17-/m0/s1. The Balaban J connectivity index is 2.61. The van der Waals surface area contributed by atoms with Crippen LogP contribution >= 0.6 is 0 Å². The maximum Gasteiger partial charge on any atom is 0.303 e. The van der Waals surface area contributed by atoms with E-state index < -0.39 is 59.6 Å². The molecule has 176 valence electrons. The molecule has 14 heteroatoms. The van der Waals surface area contributed by atoms with Crippen LogP contribution in [-0.2, 0) is 38.1 Å². The first-order chi connectivity index (χ1) is 15.0. The number of aromatic amines is 1. The number of rotatable bonds is 6. The third-order valence-corrected chi connectivity index (χ3v) is 4.25. The number of nitrogens with one attached hydrogen (secondary N) is 1. The molecule has 2 heterocycles. The fourth-order valence-electron chi connectivity index (χ4n) is 3.20. The van der Waals surface area contributed by atoms with Gasteiger partial charge in [-0.1, -0.05) is 0 Å². The topological polar surface area (TPSA) is 189 Å². The number of methoxy groups -OCH3 is 1. The Hall–Kier alpha value is -3.68. The Kier molecular flexibility index (Phi) is 7.75. The van der Waals surface area contributed by atoms with Crippen LogP contribution in [0.1, 0.15) is 27.7 Å². The van der Waals surface area contributed by atoms with Gasteiger partial charge in [-0.2, -0.15) is 4.98 Å². The summed E-state index contributed by atoms with van der Waals surface area (Å²) in [4.78, 5) is 67.2. The van der Waals surface area contributed by atoms with Crippen molar-refractivity contribution in [1.29, 1.82) is 0 Å². The summed E-state index contributed by atoms with van der Waals surface area (Å²) < 4.78 is 26.2. The van der Waals surface area contributed by atoms with Gasteiger partial charge in [0.05, 0.1) is 13.7 Å². The number of carbonyl (C=O) groups excluding carboxylic acids is 4. The van der Waals surface area contributed by atoms with Gasteiger partial charge < -0.3 is 29.4 Å². The molecule has 4 atom stereocenters. The van der Waals surface area contributed by atoms with Crippen molar-refractivity contribution >= 4 is 35.3 Å². The van der Waals surface area contributed by atoms with Crippen LogP contribution in [0.5, 0.6) is 6.01 Å². The minimum absolute atomic E-state index is 0.200. The van der Waals surface area contributed by atoms with Gasteiger partial charge in [0.2, 0.25) is 5.91 Å². The smallest absolute Gasteiger partial charge is 0.303 e. The van der Waals surface area contributed by atoms with Crippen molar-refractivity contribution in [2.45, 2.75) is 52.2 Å². The van der Waals surface area contributed by atoms with Gasteiger partial charge in [-0.15, -0.1) is 0 Å². The zero-order chi connectivity index (χ0) is 24.2. The molecule has 1 amide bonds. The number of ether oxygens (including phenoxy) is 5. The minimum atomic E-state index is -1.49. The number of nitrogens with two attached hydrogens (primary N) is 1. The zero-order valence-electron chi connectivity index (χ0n) is 18.1. The Morgan fingerprint density at radius 1 is 1.03 bits per heavy atom. The van der Waals surface area contributed by atoms with E-state index in [0.29, 0.717) is 0 Å². The SMILES string of the molecule is COc1nc(N)c(N(C(C)=O)[C@H]2OC[C@H](OC(C)=O)[C@@H](OC(C)=O)[C@@H]2OC(C)=O)c(=O)[nH]1. The number of anilines is 2. The van der Waals surface area contributed by atoms with E-state index in [1.165, 1.54) is 7.11 Å². The van der Waals surface area contributed by atoms with E-state index in [-0.39, 0.29) is 18.4 Å². The van der Waals surface area contributed by atoms with Crippen molar-refractivity contribution in [1.82, 2.24) is 9.97 Å². The van der Waals surface area contributed by atoms with E-state index in [1.807, 2.05) is 0 Å². The van der Waals surface area contributed by atoms with Crippen LogP contribution in [0.3, 0.4) is 0 Å². The van der Waals surface area contributed by atoms with Crippen molar-refractivity contribution in [3.8, 4) is 6.01 Å². The summed E-state index contributed by atoms with van der Waals surface area (Å²) in [5, 5.41) is 0. The van der Waals surface area contributed by atoms with Crippen molar-refractivity contribution in [3.05, 3.63) is 10.4 Å². The maximum absolute atomic E-state index is 12.6. The van der Waals surface area contributed by atoms with Crippen molar-refractivity contribution < 1.29 is 42.9 Å². The lowest BCUT2D eigenvalue weighted by molar-refractivity contribution is -0.225. The number of aromatic nitrogens is 2. The number of carbonyl (C=O) groups is 4. The summed E-state index contributed by atoms with van der Waals surface area (Å²) in [6.07, 6.45) is -5.48. The van der Waals surface area contributed by atoms with Gasteiger partial charge in [0.15, 0.2) is 36.0 Å². The molecule has 0 radical (unpaired) electrons. The van der Waals surface area contributed by atoms with Gasteiger partial charge in [-0.25, -0.2) is 0 Å². The number of amides is 1. The van der Waals surface area contributed by atoms with Gasteiger partial charge in [0.1, 0.15) is 0 Å². The van der Waals surface area contributed by atoms with Gasteiger partial charge >= 0.3 is 17.9 Å². The van der Waals surface area contributed by atoms with Crippen LogP contribution in [-0.4, -0.2) is 72.0 Å². The summed E-state index contributed by atoms with van der Waals surface area (Å²) in [5.74, 6) is -3.41. The summed E-state index contributed by atoms with van der Waals surface area (Å²) in [5.41, 5.74) is 4.62. The van der Waals surface area contributed by atoms with E-state index >= 15 is 0 Å². The Morgan fingerprint density at radius 3 is 2.06 bits per heavy atom. The van der Waals surface area contributed by atoms with E-state index in [4.69, 9.17) is 29.4 Å². The van der Waals surface area contributed by atoms with E-state index in [9.17, 15) is 24.0 Å². The molecule has 14 nitrogen and oxygen atoms in total. The highest BCUT2D eigenvalue weighted by molar-refractivity contribution is 5.94. The summed E-state index contributed by atoms with van der Waals surface area (Å²) in [6.45, 7) is 4.05. The predicted octanol–water partition coefficient (Wildman–Crippen LogP) is -1.13. The molecule has 1 saturated heterocycles. The third-order valence-electron chi connectivity index (χ3n) is 4.25. The van der Waals surface area contributed by atoms with Crippen LogP contribution in [0.2, 0.25) is 0 Å². The molecular formula is C18H24N4O10. The number of hydrogen-bond acceptors (Lipinski definition) is 12. The molecule has 0 bridgehead atoms. The van der Waals surface area contributed by atoms with Gasteiger partial charge in [-0.05, 0) is 0 Å². The number of nitrogen functional groups attached to an aromatic ring is 1. The zero-order valence-corrected chi connectivity index (χ0v) is 18.1. The second-order valence-electron chi connectivity index (χ2n) is 6.72. The second-order valence-corrected chi connectivity index (χ2v) is 6.72. The second kappa shape index (κ2) is 10.1. The lowest BCUT2D eigenvalue weighted by Crippen LogP contribution is -2.63. The van der Waals surface area contributed by atoms with Crippen LogP contribution in [0, 0.1) is 0 Å². The molecular weight excluding hydrogens is 432 g/mol. The molecule has 1 aliphatic heterocycles. The van der Waals surface area contributed by atoms with Crippen LogP contribution in [0.25, 0.3) is 0 Å². The minimum Gasteiger partial charge on any atom is -0.468 e. The highest BCUT2D eigenvalue weighted by Crippen LogP contribution is 2.30. The summed E-state index contributed by atoms with van der Waals surface area (Å²) in [7, 11) is 1.25. The van der Waals surface area contributed by atoms with Crippen LogP contribution < -0.4 is 20.9 Å². The van der Waals surface area contributed by atoms with Crippen molar-refractivity contribution in [2.24, 2.45) is 0 Å². The molecule has 1 aliphatic rings. The van der Waals surface area contributed by atoms with E-state index in [1.54, 1.807) is 0 Å². The Labute approximate surface area is 181 Å². The molecule has 2 rings (SSSR count). The Morgan fingerprint density at radius 2 is 1.59 bits per heavy atom. The fourth-order valence-corrected chi connectivity index (χ4v) is 3.20. The number of esters is 3. The molecule has 1 aromatic rings. The lowest BCUT2D eigenvalue weighted by atomic mass is 10.0. The molecule has 1 fully saturated rings. The van der Waals surface area contributed by atoms with E-state index in [0.717, 1.165) is 32.6 Å². The van der Waals surface area contributed by atoms with Crippen LogP contribution in [0.15, 0.2) is 4.79 Å². The maximum atomic E-state index is 12.6. The first kappa shape index (κ1) is 24.6. The normalized spacial score (nSPS) is 22.4. The molecule has 0 unspecified atom stereocenters. The molecule has 0 saturated carbocycles. The average molecular weight is 456 g/mol. The first-order valence-corrected chi connectivity index (χ1v) is 9.33. The average Bonchev–Trinajstić information content (AvgIpc) is 2.66. The van der Waals surface area contributed by atoms with Gasteiger partial charge in [0, 0.05) is 27.7 Å². The molecule has 3 N–H and O–H groups in total. The Bertz CT molecular complexity index is 962. The molecule has 0 spiro atoms.